The summed E-state index contributed by atoms with van der Waals surface area (Å²) in [7, 11) is 0. The van der Waals surface area contributed by atoms with E-state index in [9.17, 15) is 0 Å². The van der Waals surface area contributed by atoms with Crippen LogP contribution in [0.3, 0.4) is 0 Å². The number of hydrogen-bond acceptors (Lipinski definition) is 3. The first kappa shape index (κ1) is 11.5. The van der Waals surface area contributed by atoms with Crippen molar-refractivity contribution in [1.82, 2.24) is 5.32 Å². The maximum absolute atomic E-state index is 3.81. The van der Waals surface area contributed by atoms with Crippen LogP contribution < -0.4 is 5.32 Å². The minimum absolute atomic E-state index is 0.410. The summed E-state index contributed by atoms with van der Waals surface area (Å²) in [6, 6.07) is 9.89. The van der Waals surface area contributed by atoms with Gasteiger partial charge in [-0.25, -0.2) is 0 Å². The fraction of sp³-hybridized carbons (Fsp3) is 0.429. The molecular formula is C14H17NS2. The minimum atomic E-state index is 0.410. The second-order valence-corrected chi connectivity index (χ2v) is 6.86. The number of nitrogens with one attached hydrogen (secondary N) is 1. The van der Waals surface area contributed by atoms with E-state index < -0.39 is 0 Å². The van der Waals surface area contributed by atoms with Crippen LogP contribution in [0, 0.1) is 5.92 Å². The lowest BCUT2D eigenvalue weighted by atomic mass is 9.81. The standard InChI is InChI=1S/C14H17NS2/c1-10-8-11(9-10)15-14(12-4-2-6-16-12)13-5-3-7-17-13/h2-7,10-11,14-15H,8-9H2,1H3. The smallest absolute Gasteiger partial charge is 0.0766 e. The molecule has 2 heterocycles. The fourth-order valence-electron chi connectivity index (χ4n) is 2.49. The third-order valence-electron chi connectivity index (χ3n) is 3.43. The van der Waals surface area contributed by atoms with Gasteiger partial charge in [-0.2, -0.15) is 0 Å². The van der Waals surface area contributed by atoms with Crippen LogP contribution in [0.5, 0.6) is 0 Å². The normalized spacial score (nSPS) is 23.9. The lowest BCUT2D eigenvalue weighted by molar-refractivity contribution is 0.232. The van der Waals surface area contributed by atoms with E-state index >= 15 is 0 Å². The minimum Gasteiger partial charge on any atom is -0.302 e. The maximum atomic E-state index is 3.81. The quantitative estimate of drug-likeness (QED) is 0.868. The van der Waals surface area contributed by atoms with Gasteiger partial charge in [0.05, 0.1) is 6.04 Å². The van der Waals surface area contributed by atoms with Crippen molar-refractivity contribution >= 4 is 22.7 Å². The molecule has 0 spiro atoms. The van der Waals surface area contributed by atoms with Crippen LogP contribution in [0.4, 0.5) is 0 Å². The van der Waals surface area contributed by atoms with E-state index in [1.807, 2.05) is 22.7 Å². The molecule has 0 aromatic carbocycles. The van der Waals surface area contributed by atoms with Gasteiger partial charge in [-0.1, -0.05) is 19.1 Å². The summed E-state index contributed by atoms with van der Waals surface area (Å²) in [6.07, 6.45) is 2.65. The molecule has 0 atom stereocenters. The van der Waals surface area contributed by atoms with E-state index in [1.165, 1.54) is 22.6 Å². The van der Waals surface area contributed by atoms with Gasteiger partial charge in [-0.3, -0.25) is 0 Å². The second kappa shape index (κ2) is 4.92. The second-order valence-electron chi connectivity index (χ2n) is 4.90. The van der Waals surface area contributed by atoms with Crippen molar-refractivity contribution in [3.8, 4) is 0 Å². The Morgan fingerprint density at radius 1 is 1.12 bits per heavy atom. The number of rotatable bonds is 4. The highest BCUT2D eigenvalue weighted by molar-refractivity contribution is 7.11. The Morgan fingerprint density at radius 3 is 2.12 bits per heavy atom. The average Bonchev–Trinajstić information content (AvgIpc) is 2.95. The Balaban J connectivity index is 1.77. The van der Waals surface area contributed by atoms with Crippen LogP contribution in [0.2, 0.25) is 0 Å². The molecule has 0 saturated heterocycles. The average molecular weight is 263 g/mol. The summed E-state index contributed by atoms with van der Waals surface area (Å²) in [5.41, 5.74) is 0. The fourth-order valence-corrected chi connectivity index (χ4v) is 4.17. The van der Waals surface area contributed by atoms with Gasteiger partial charge in [0.15, 0.2) is 0 Å². The highest BCUT2D eigenvalue weighted by Crippen LogP contribution is 2.34. The van der Waals surface area contributed by atoms with Crippen LogP contribution in [0.15, 0.2) is 35.0 Å². The number of thiophene rings is 2. The Labute approximate surface area is 111 Å². The third kappa shape index (κ3) is 2.46. The van der Waals surface area contributed by atoms with Gasteiger partial charge >= 0.3 is 0 Å². The summed E-state index contributed by atoms with van der Waals surface area (Å²) in [6.45, 7) is 2.34. The van der Waals surface area contributed by atoms with Gasteiger partial charge in [0.2, 0.25) is 0 Å². The lowest BCUT2D eigenvalue weighted by Crippen LogP contribution is -2.42. The molecule has 1 fully saturated rings. The summed E-state index contributed by atoms with van der Waals surface area (Å²) in [5, 5.41) is 8.14. The van der Waals surface area contributed by atoms with Gasteiger partial charge in [-0.15, -0.1) is 22.7 Å². The zero-order valence-electron chi connectivity index (χ0n) is 9.93. The lowest BCUT2D eigenvalue weighted by Gasteiger charge is -2.36. The molecule has 0 unspecified atom stereocenters. The van der Waals surface area contributed by atoms with Crippen molar-refractivity contribution in [1.29, 1.82) is 0 Å². The molecule has 0 amide bonds. The summed E-state index contributed by atoms with van der Waals surface area (Å²) >= 11 is 3.70. The summed E-state index contributed by atoms with van der Waals surface area (Å²) in [5.74, 6) is 0.903. The van der Waals surface area contributed by atoms with Gasteiger partial charge in [0.25, 0.3) is 0 Å². The molecule has 1 aliphatic carbocycles. The first-order chi connectivity index (χ1) is 8.33. The molecule has 1 aliphatic rings. The van der Waals surface area contributed by atoms with Crippen molar-refractivity contribution < 1.29 is 0 Å². The van der Waals surface area contributed by atoms with E-state index in [2.05, 4.69) is 47.3 Å². The Bertz CT molecular complexity index is 406. The topological polar surface area (TPSA) is 12.0 Å². The first-order valence-corrected chi connectivity index (χ1v) is 7.91. The van der Waals surface area contributed by atoms with Crippen molar-refractivity contribution in [2.24, 2.45) is 5.92 Å². The van der Waals surface area contributed by atoms with Crippen molar-refractivity contribution in [3.63, 3.8) is 0 Å². The molecule has 0 bridgehead atoms. The third-order valence-corrected chi connectivity index (χ3v) is 5.31. The summed E-state index contributed by atoms with van der Waals surface area (Å²) < 4.78 is 0. The van der Waals surface area contributed by atoms with E-state index in [4.69, 9.17) is 0 Å². The highest BCUT2D eigenvalue weighted by Gasteiger charge is 2.28. The SMILES string of the molecule is CC1CC(NC(c2cccs2)c2cccs2)C1. The molecule has 1 nitrogen and oxygen atoms in total. The van der Waals surface area contributed by atoms with Crippen LogP contribution in [0.25, 0.3) is 0 Å². The molecule has 3 heteroatoms. The van der Waals surface area contributed by atoms with Crippen molar-refractivity contribution in [3.05, 3.63) is 44.8 Å². The molecular weight excluding hydrogens is 246 g/mol. The predicted molar refractivity (Wildman–Crippen MR) is 75.8 cm³/mol. The Kier molecular flexibility index (Phi) is 3.32. The van der Waals surface area contributed by atoms with Gasteiger partial charge in [0.1, 0.15) is 0 Å². The predicted octanol–water partition coefficient (Wildman–Crippen LogP) is 4.29. The van der Waals surface area contributed by atoms with Crippen LogP contribution in [0.1, 0.15) is 35.6 Å². The van der Waals surface area contributed by atoms with Crippen LogP contribution in [-0.2, 0) is 0 Å². The van der Waals surface area contributed by atoms with Crippen molar-refractivity contribution in [2.45, 2.75) is 31.8 Å². The zero-order valence-corrected chi connectivity index (χ0v) is 11.6. The molecule has 3 rings (SSSR count). The van der Waals surface area contributed by atoms with Gasteiger partial charge in [0, 0.05) is 15.8 Å². The monoisotopic (exact) mass is 263 g/mol. The Morgan fingerprint density at radius 2 is 1.71 bits per heavy atom. The first-order valence-electron chi connectivity index (χ1n) is 6.16. The molecule has 2 aromatic rings. The van der Waals surface area contributed by atoms with Crippen LogP contribution in [-0.4, -0.2) is 6.04 Å². The Hall–Kier alpha value is -0.640. The van der Waals surface area contributed by atoms with Gasteiger partial charge < -0.3 is 5.32 Å². The molecule has 2 aromatic heterocycles. The largest absolute Gasteiger partial charge is 0.302 e. The van der Waals surface area contributed by atoms with E-state index in [1.54, 1.807) is 0 Å². The van der Waals surface area contributed by atoms with E-state index in [0.717, 1.165) is 5.92 Å². The molecule has 17 heavy (non-hydrogen) atoms. The van der Waals surface area contributed by atoms with Crippen molar-refractivity contribution in [2.75, 3.05) is 0 Å². The molecule has 1 saturated carbocycles. The number of hydrogen-bond donors (Lipinski definition) is 1. The zero-order chi connectivity index (χ0) is 11.7. The molecule has 0 radical (unpaired) electrons. The molecule has 0 aliphatic heterocycles. The maximum Gasteiger partial charge on any atom is 0.0766 e. The highest BCUT2D eigenvalue weighted by atomic mass is 32.1. The van der Waals surface area contributed by atoms with E-state index in [-0.39, 0.29) is 0 Å². The summed E-state index contributed by atoms with van der Waals surface area (Å²) in [4.78, 5) is 2.87. The van der Waals surface area contributed by atoms with Gasteiger partial charge in [-0.05, 0) is 41.7 Å². The molecule has 1 N–H and O–H groups in total. The van der Waals surface area contributed by atoms with E-state index in [0.29, 0.717) is 12.1 Å². The van der Waals surface area contributed by atoms with Crippen LogP contribution >= 0.6 is 22.7 Å². The molecule has 90 valence electrons.